The minimum absolute atomic E-state index is 0.0676. The predicted molar refractivity (Wildman–Crippen MR) is 62.4 cm³/mol. The van der Waals surface area contributed by atoms with Crippen molar-refractivity contribution in [1.82, 2.24) is 0 Å². The van der Waals surface area contributed by atoms with Crippen LogP contribution < -0.4 is 0 Å². The van der Waals surface area contributed by atoms with E-state index in [4.69, 9.17) is 0 Å². The monoisotopic (exact) mass is 196 g/mol. The molecule has 0 spiro atoms. The van der Waals surface area contributed by atoms with Crippen molar-refractivity contribution < 1.29 is 4.79 Å². The van der Waals surface area contributed by atoms with Gasteiger partial charge in [0, 0.05) is 6.42 Å². The molecule has 0 saturated heterocycles. The molecule has 1 heteroatoms. The molecular weight excluding hydrogens is 172 g/mol. The van der Waals surface area contributed by atoms with E-state index >= 15 is 0 Å². The summed E-state index contributed by atoms with van der Waals surface area (Å²) in [5.41, 5.74) is 0.705. The molecule has 0 N–H and O–H groups in total. The van der Waals surface area contributed by atoms with Crippen LogP contribution in [0.25, 0.3) is 0 Å². The fraction of sp³-hybridized carbons (Fsp3) is 0.769. The minimum Gasteiger partial charge on any atom is -0.295 e. The third-order valence-electron chi connectivity index (χ3n) is 2.50. The van der Waals surface area contributed by atoms with Gasteiger partial charge in [0.05, 0.1) is 0 Å². The molecule has 0 saturated carbocycles. The Bertz CT molecular complexity index is 196. The van der Waals surface area contributed by atoms with Gasteiger partial charge in [-0.1, -0.05) is 53.5 Å². The number of Topliss-reactive ketones (excluding diaryl/α,β-unsaturated/α-hetero) is 1. The van der Waals surface area contributed by atoms with Gasteiger partial charge in [-0.15, -0.1) is 0 Å². The molecular formula is C13H24O. The Labute approximate surface area is 88.6 Å². The normalized spacial score (nSPS) is 11.4. The number of hydrogen-bond donors (Lipinski definition) is 0. The van der Waals surface area contributed by atoms with Crippen molar-refractivity contribution in [2.24, 2.45) is 5.41 Å². The molecule has 0 unspecified atom stereocenters. The van der Waals surface area contributed by atoms with E-state index in [9.17, 15) is 4.79 Å². The zero-order valence-electron chi connectivity index (χ0n) is 10.2. The third kappa shape index (κ3) is 5.21. The van der Waals surface area contributed by atoms with Crippen LogP contribution in [0.4, 0.5) is 0 Å². The van der Waals surface area contributed by atoms with E-state index in [-0.39, 0.29) is 11.2 Å². The Hall–Kier alpha value is -0.590. The van der Waals surface area contributed by atoms with Crippen molar-refractivity contribution in [2.75, 3.05) is 0 Å². The molecule has 0 heterocycles. The number of carbonyl (C=O) groups is 1. The third-order valence-corrected chi connectivity index (χ3v) is 2.50. The van der Waals surface area contributed by atoms with Gasteiger partial charge >= 0.3 is 0 Å². The summed E-state index contributed by atoms with van der Waals surface area (Å²) in [5, 5.41) is 0. The summed E-state index contributed by atoms with van der Waals surface area (Å²) in [5.74, 6) is 0.244. The number of hydrogen-bond acceptors (Lipinski definition) is 1. The van der Waals surface area contributed by atoms with Crippen LogP contribution in [-0.2, 0) is 4.79 Å². The first kappa shape index (κ1) is 13.4. The second kappa shape index (κ2) is 6.00. The lowest BCUT2D eigenvalue weighted by molar-refractivity contribution is -0.116. The number of unbranched alkanes of at least 4 members (excludes halogenated alkanes) is 3. The van der Waals surface area contributed by atoms with E-state index in [0.29, 0.717) is 6.42 Å². The highest BCUT2D eigenvalue weighted by atomic mass is 16.1. The van der Waals surface area contributed by atoms with E-state index in [1.807, 2.05) is 20.8 Å². The van der Waals surface area contributed by atoms with Gasteiger partial charge in [0.25, 0.3) is 0 Å². The second-order valence-electron chi connectivity index (χ2n) is 4.96. The number of ketones is 1. The molecule has 0 radical (unpaired) electrons. The molecule has 0 atom stereocenters. The molecule has 1 nitrogen and oxygen atoms in total. The van der Waals surface area contributed by atoms with Gasteiger partial charge in [-0.05, 0) is 17.4 Å². The standard InChI is InChI=1S/C13H24O/c1-6-7-8-9-10-12(14)11(2)13(3,4)5/h2,6-10H2,1,3-5H3. The zero-order chi connectivity index (χ0) is 11.2. The molecule has 0 fully saturated rings. The first-order valence-corrected chi connectivity index (χ1v) is 5.62. The first-order chi connectivity index (χ1) is 6.39. The highest BCUT2D eigenvalue weighted by molar-refractivity contribution is 5.95. The zero-order valence-corrected chi connectivity index (χ0v) is 10.2. The van der Waals surface area contributed by atoms with Crippen molar-refractivity contribution in [3.05, 3.63) is 12.2 Å². The number of allylic oxidation sites excluding steroid dienone is 1. The van der Waals surface area contributed by atoms with Crippen molar-refractivity contribution in [1.29, 1.82) is 0 Å². The Balaban J connectivity index is 3.81. The summed E-state index contributed by atoms with van der Waals surface area (Å²) in [6.07, 6.45) is 5.31. The Morgan fingerprint density at radius 3 is 2.14 bits per heavy atom. The molecule has 0 aliphatic carbocycles. The molecule has 0 amide bonds. The van der Waals surface area contributed by atoms with Gasteiger partial charge in [-0.3, -0.25) is 4.79 Å². The van der Waals surface area contributed by atoms with Crippen LogP contribution in [0.3, 0.4) is 0 Å². The lowest BCUT2D eigenvalue weighted by atomic mass is 9.84. The van der Waals surface area contributed by atoms with Crippen LogP contribution in [0, 0.1) is 5.41 Å². The van der Waals surface area contributed by atoms with Crippen LogP contribution in [0.15, 0.2) is 12.2 Å². The summed E-state index contributed by atoms with van der Waals surface area (Å²) in [6.45, 7) is 12.2. The van der Waals surface area contributed by atoms with Crippen molar-refractivity contribution in [3.8, 4) is 0 Å². The lowest BCUT2D eigenvalue weighted by Gasteiger charge is -2.20. The van der Waals surface area contributed by atoms with Crippen LogP contribution in [-0.4, -0.2) is 5.78 Å². The quantitative estimate of drug-likeness (QED) is 0.461. The Morgan fingerprint density at radius 1 is 1.14 bits per heavy atom. The summed E-state index contributed by atoms with van der Waals surface area (Å²) >= 11 is 0. The summed E-state index contributed by atoms with van der Waals surface area (Å²) in [4.78, 5) is 11.7. The van der Waals surface area contributed by atoms with Gasteiger partial charge in [-0.25, -0.2) is 0 Å². The van der Waals surface area contributed by atoms with Gasteiger partial charge in [0.1, 0.15) is 0 Å². The lowest BCUT2D eigenvalue weighted by Crippen LogP contribution is -2.16. The average molecular weight is 196 g/mol. The van der Waals surface area contributed by atoms with E-state index in [1.54, 1.807) is 0 Å². The largest absolute Gasteiger partial charge is 0.295 e. The Morgan fingerprint density at radius 2 is 1.71 bits per heavy atom. The van der Waals surface area contributed by atoms with Crippen molar-refractivity contribution >= 4 is 5.78 Å². The first-order valence-electron chi connectivity index (χ1n) is 5.62. The maximum atomic E-state index is 11.7. The SMILES string of the molecule is C=C(C(=O)CCCCCC)C(C)(C)C. The predicted octanol–water partition coefficient (Wildman–Crippen LogP) is 4.13. The van der Waals surface area contributed by atoms with Crippen molar-refractivity contribution in [3.63, 3.8) is 0 Å². The maximum Gasteiger partial charge on any atom is 0.158 e. The molecule has 0 aromatic carbocycles. The van der Waals surface area contributed by atoms with Crippen LogP contribution >= 0.6 is 0 Å². The van der Waals surface area contributed by atoms with E-state index in [2.05, 4.69) is 13.5 Å². The molecule has 0 bridgehead atoms. The molecule has 0 aliphatic heterocycles. The topological polar surface area (TPSA) is 17.1 Å². The number of carbonyl (C=O) groups excluding carboxylic acids is 1. The van der Waals surface area contributed by atoms with E-state index in [1.165, 1.54) is 19.3 Å². The Kier molecular flexibility index (Phi) is 5.75. The van der Waals surface area contributed by atoms with Crippen LogP contribution in [0.2, 0.25) is 0 Å². The smallest absolute Gasteiger partial charge is 0.158 e. The van der Waals surface area contributed by atoms with Gasteiger partial charge in [-0.2, -0.15) is 0 Å². The van der Waals surface area contributed by atoms with Crippen LogP contribution in [0.5, 0.6) is 0 Å². The highest BCUT2D eigenvalue weighted by Crippen LogP contribution is 2.25. The fourth-order valence-corrected chi connectivity index (χ4v) is 1.28. The molecule has 82 valence electrons. The van der Waals surface area contributed by atoms with Gasteiger partial charge in [0.15, 0.2) is 5.78 Å². The van der Waals surface area contributed by atoms with Crippen molar-refractivity contribution in [2.45, 2.75) is 59.8 Å². The summed E-state index contributed by atoms with van der Waals surface area (Å²) in [6, 6.07) is 0. The highest BCUT2D eigenvalue weighted by Gasteiger charge is 2.20. The second-order valence-corrected chi connectivity index (χ2v) is 4.96. The van der Waals surface area contributed by atoms with Crippen LogP contribution in [0.1, 0.15) is 59.8 Å². The molecule has 14 heavy (non-hydrogen) atoms. The summed E-state index contributed by atoms with van der Waals surface area (Å²) in [7, 11) is 0. The van der Waals surface area contributed by atoms with Gasteiger partial charge in [0.2, 0.25) is 0 Å². The molecule has 0 aromatic rings. The average Bonchev–Trinajstić information content (AvgIpc) is 2.09. The molecule has 0 aliphatic rings. The fourth-order valence-electron chi connectivity index (χ4n) is 1.28. The number of rotatable bonds is 6. The maximum absolute atomic E-state index is 11.7. The van der Waals surface area contributed by atoms with Gasteiger partial charge < -0.3 is 0 Å². The summed E-state index contributed by atoms with van der Waals surface area (Å²) < 4.78 is 0. The van der Waals surface area contributed by atoms with E-state index in [0.717, 1.165) is 12.0 Å². The molecule has 0 aromatic heterocycles. The molecule has 0 rings (SSSR count). The van der Waals surface area contributed by atoms with E-state index < -0.39 is 0 Å². The minimum atomic E-state index is -0.0676.